The van der Waals surface area contributed by atoms with Crippen molar-refractivity contribution in [3.63, 3.8) is 0 Å². The van der Waals surface area contributed by atoms with Crippen molar-refractivity contribution in [2.75, 3.05) is 19.6 Å². The highest BCUT2D eigenvalue weighted by Gasteiger charge is 2.27. The molecule has 0 unspecified atom stereocenters. The molecule has 33 heavy (non-hydrogen) atoms. The van der Waals surface area contributed by atoms with Crippen molar-refractivity contribution in [3.05, 3.63) is 72.3 Å². The van der Waals surface area contributed by atoms with Crippen LogP contribution in [0.25, 0.3) is 0 Å². The molecule has 3 rings (SSSR count). The van der Waals surface area contributed by atoms with Gasteiger partial charge in [0, 0.05) is 30.8 Å². The smallest absolute Gasteiger partial charge is 0.267 e. The number of carbonyl (C=O) groups excluding carboxylic acids is 2. The standard InChI is InChI=1S/C21H24N4O6S2/c1-2-13-22-32(28,29)18-9-5-16(6-10-18)20(26)23-24-21(27)17-7-11-19(12-8-17)33(30,31)25-14-3-4-15-25/h2,5-12,22H,1,3-4,13-15H2,(H,23,26)(H,24,27). The van der Waals surface area contributed by atoms with Gasteiger partial charge in [-0.1, -0.05) is 6.08 Å². The van der Waals surface area contributed by atoms with Gasteiger partial charge < -0.3 is 0 Å². The predicted molar refractivity (Wildman–Crippen MR) is 121 cm³/mol. The van der Waals surface area contributed by atoms with Crippen molar-refractivity contribution in [2.45, 2.75) is 22.6 Å². The Morgan fingerprint density at radius 1 is 0.818 bits per heavy atom. The maximum Gasteiger partial charge on any atom is 0.269 e. The number of nitrogens with zero attached hydrogens (tertiary/aromatic N) is 1. The van der Waals surface area contributed by atoms with Crippen molar-refractivity contribution in [3.8, 4) is 0 Å². The largest absolute Gasteiger partial charge is 0.269 e. The summed E-state index contributed by atoms with van der Waals surface area (Å²) in [5.41, 5.74) is 4.77. The lowest BCUT2D eigenvalue weighted by atomic mass is 10.2. The molecule has 1 fully saturated rings. The number of benzene rings is 2. The van der Waals surface area contributed by atoms with E-state index in [1.54, 1.807) is 0 Å². The van der Waals surface area contributed by atoms with Crippen LogP contribution in [0.5, 0.6) is 0 Å². The molecule has 0 saturated carbocycles. The summed E-state index contributed by atoms with van der Waals surface area (Å²) < 4.78 is 52.9. The summed E-state index contributed by atoms with van der Waals surface area (Å²) in [7, 11) is -7.30. The Morgan fingerprint density at radius 3 is 1.73 bits per heavy atom. The lowest BCUT2D eigenvalue weighted by Gasteiger charge is -2.15. The van der Waals surface area contributed by atoms with E-state index < -0.39 is 31.9 Å². The number of nitrogens with one attached hydrogen (secondary N) is 3. The van der Waals surface area contributed by atoms with Crippen LogP contribution in [0.1, 0.15) is 33.6 Å². The summed E-state index contributed by atoms with van der Waals surface area (Å²) >= 11 is 0. The average Bonchev–Trinajstić information content (AvgIpc) is 3.37. The van der Waals surface area contributed by atoms with E-state index >= 15 is 0 Å². The Labute approximate surface area is 192 Å². The molecule has 1 saturated heterocycles. The van der Waals surface area contributed by atoms with E-state index in [0.717, 1.165) is 12.8 Å². The van der Waals surface area contributed by atoms with Crippen LogP contribution in [0.2, 0.25) is 0 Å². The molecule has 0 bridgehead atoms. The second-order valence-corrected chi connectivity index (χ2v) is 10.9. The first kappa shape index (κ1) is 24.6. The third kappa shape index (κ3) is 5.85. The van der Waals surface area contributed by atoms with Crippen LogP contribution in [0, 0.1) is 0 Å². The van der Waals surface area contributed by atoms with Gasteiger partial charge in [0.1, 0.15) is 0 Å². The topological polar surface area (TPSA) is 142 Å². The second-order valence-electron chi connectivity index (χ2n) is 7.21. The molecule has 176 valence electrons. The first-order chi connectivity index (χ1) is 15.6. The van der Waals surface area contributed by atoms with Gasteiger partial charge in [-0.3, -0.25) is 20.4 Å². The zero-order valence-electron chi connectivity index (χ0n) is 17.7. The molecular weight excluding hydrogens is 468 g/mol. The Hall–Kier alpha value is -3.06. The van der Waals surface area contributed by atoms with Gasteiger partial charge in [0.2, 0.25) is 20.0 Å². The molecule has 0 spiro atoms. The highest BCUT2D eigenvalue weighted by atomic mass is 32.2. The molecule has 1 aliphatic heterocycles. The Morgan fingerprint density at radius 2 is 1.27 bits per heavy atom. The van der Waals surface area contributed by atoms with E-state index in [-0.39, 0.29) is 27.5 Å². The number of sulfonamides is 2. The van der Waals surface area contributed by atoms with E-state index in [4.69, 9.17) is 0 Å². The third-order valence-corrected chi connectivity index (χ3v) is 8.31. The molecule has 2 aromatic rings. The molecule has 0 aromatic heterocycles. The highest BCUT2D eigenvalue weighted by Crippen LogP contribution is 2.21. The molecule has 2 amide bonds. The normalized spacial score (nSPS) is 14.5. The molecular formula is C21H24N4O6S2. The van der Waals surface area contributed by atoms with Gasteiger partial charge in [0.15, 0.2) is 0 Å². The van der Waals surface area contributed by atoms with Crippen molar-refractivity contribution >= 4 is 31.9 Å². The van der Waals surface area contributed by atoms with E-state index in [0.29, 0.717) is 13.1 Å². The molecule has 0 atom stereocenters. The molecule has 1 aliphatic rings. The van der Waals surface area contributed by atoms with Crippen LogP contribution in [-0.2, 0) is 20.0 Å². The highest BCUT2D eigenvalue weighted by molar-refractivity contribution is 7.89. The summed E-state index contributed by atoms with van der Waals surface area (Å²) in [5, 5.41) is 0. The lowest BCUT2D eigenvalue weighted by Crippen LogP contribution is -2.41. The number of amides is 2. The fourth-order valence-electron chi connectivity index (χ4n) is 3.15. The zero-order valence-corrected chi connectivity index (χ0v) is 19.3. The van der Waals surface area contributed by atoms with Gasteiger partial charge in [0.05, 0.1) is 9.79 Å². The van der Waals surface area contributed by atoms with Crippen LogP contribution in [0.15, 0.2) is 71.0 Å². The van der Waals surface area contributed by atoms with Gasteiger partial charge in [-0.05, 0) is 61.4 Å². The minimum atomic E-state index is -3.71. The Bertz CT molecular complexity index is 1230. The second kappa shape index (κ2) is 10.3. The Kier molecular flexibility index (Phi) is 7.64. The van der Waals surface area contributed by atoms with Crippen LogP contribution < -0.4 is 15.6 Å². The lowest BCUT2D eigenvalue weighted by molar-refractivity contribution is 0.0846. The average molecular weight is 493 g/mol. The number of carbonyl (C=O) groups is 2. The SMILES string of the molecule is C=CCNS(=O)(=O)c1ccc(C(=O)NNC(=O)c2ccc(S(=O)(=O)N3CCCC3)cc2)cc1. The van der Waals surface area contributed by atoms with Crippen molar-refractivity contribution in [2.24, 2.45) is 0 Å². The van der Waals surface area contributed by atoms with Gasteiger partial charge in [-0.25, -0.2) is 21.6 Å². The van der Waals surface area contributed by atoms with Crippen molar-refractivity contribution in [1.82, 2.24) is 19.9 Å². The third-order valence-electron chi connectivity index (χ3n) is 4.95. The van der Waals surface area contributed by atoms with E-state index in [1.165, 1.54) is 58.9 Å². The molecule has 3 N–H and O–H groups in total. The molecule has 1 heterocycles. The minimum absolute atomic E-state index is 0.0195. The maximum absolute atomic E-state index is 12.5. The van der Waals surface area contributed by atoms with Gasteiger partial charge in [0.25, 0.3) is 11.8 Å². The van der Waals surface area contributed by atoms with Gasteiger partial charge in [-0.15, -0.1) is 6.58 Å². The number of hydrogen-bond donors (Lipinski definition) is 3. The van der Waals surface area contributed by atoms with Gasteiger partial charge in [-0.2, -0.15) is 4.31 Å². The number of rotatable bonds is 8. The maximum atomic E-state index is 12.5. The van der Waals surface area contributed by atoms with Crippen LogP contribution in [0.3, 0.4) is 0 Å². The van der Waals surface area contributed by atoms with Gasteiger partial charge >= 0.3 is 0 Å². The molecule has 0 aliphatic carbocycles. The molecule has 12 heteroatoms. The summed E-state index contributed by atoms with van der Waals surface area (Å²) in [6.07, 6.45) is 3.05. The van der Waals surface area contributed by atoms with E-state index in [2.05, 4.69) is 22.2 Å². The fraction of sp³-hybridized carbons (Fsp3) is 0.238. The summed E-state index contributed by atoms with van der Waals surface area (Å²) in [4.78, 5) is 24.6. The van der Waals surface area contributed by atoms with E-state index in [1.807, 2.05) is 0 Å². The van der Waals surface area contributed by atoms with Crippen LogP contribution in [0.4, 0.5) is 0 Å². The molecule has 10 nitrogen and oxygen atoms in total. The van der Waals surface area contributed by atoms with Crippen molar-refractivity contribution in [1.29, 1.82) is 0 Å². The first-order valence-corrected chi connectivity index (χ1v) is 13.0. The summed E-state index contributed by atoms with van der Waals surface area (Å²) in [6, 6.07) is 10.6. The first-order valence-electron chi connectivity index (χ1n) is 10.1. The summed E-state index contributed by atoms with van der Waals surface area (Å²) in [6.45, 7) is 4.47. The Balaban J connectivity index is 1.59. The summed E-state index contributed by atoms with van der Waals surface area (Å²) in [5.74, 6) is -1.29. The monoisotopic (exact) mass is 492 g/mol. The zero-order chi connectivity index (χ0) is 24.1. The molecule has 0 radical (unpaired) electrons. The molecule has 2 aromatic carbocycles. The minimum Gasteiger partial charge on any atom is -0.267 e. The van der Waals surface area contributed by atoms with Crippen LogP contribution >= 0.6 is 0 Å². The fourth-order valence-corrected chi connectivity index (χ4v) is 5.67. The number of hydrogen-bond acceptors (Lipinski definition) is 6. The van der Waals surface area contributed by atoms with E-state index in [9.17, 15) is 26.4 Å². The van der Waals surface area contributed by atoms with Crippen molar-refractivity contribution < 1.29 is 26.4 Å². The number of hydrazine groups is 1. The predicted octanol–water partition coefficient (Wildman–Crippen LogP) is 1.01. The quantitative estimate of drug-likeness (QED) is 0.371. The van der Waals surface area contributed by atoms with Crippen LogP contribution in [-0.4, -0.2) is 52.6 Å².